The number of aromatic amines is 1. The number of nitrogens with one attached hydrogen (secondary N) is 1. The van der Waals surface area contributed by atoms with Gasteiger partial charge in [-0.3, -0.25) is 0 Å². The lowest BCUT2D eigenvalue weighted by Gasteiger charge is -1.92. The van der Waals surface area contributed by atoms with E-state index in [0.29, 0.717) is 10.2 Å². The highest BCUT2D eigenvalue weighted by Crippen LogP contribution is 2.02. The maximum Gasteiger partial charge on any atom is 0.104 e. The van der Waals surface area contributed by atoms with Gasteiger partial charge in [-0.2, -0.15) is 5.26 Å². The number of aryl methyl sites for hydroxylation is 1. The van der Waals surface area contributed by atoms with Crippen molar-refractivity contribution in [3.8, 4) is 6.07 Å². The largest absolute Gasteiger partial charge is 0.353 e. The van der Waals surface area contributed by atoms with Gasteiger partial charge in [-0.15, -0.1) is 0 Å². The Morgan fingerprint density at radius 2 is 2.40 bits per heavy atom. The number of rotatable bonds is 0. The van der Waals surface area contributed by atoms with E-state index >= 15 is 0 Å². The van der Waals surface area contributed by atoms with Gasteiger partial charge >= 0.3 is 0 Å². The molecule has 1 heterocycles. The number of pyridine rings is 1. The van der Waals surface area contributed by atoms with Crippen LogP contribution in [0.15, 0.2) is 12.3 Å². The van der Waals surface area contributed by atoms with E-state index in [2.05, 4.69) is 4.98 Å². The highest BCUT2D eigenvalue weighted by molar-refractivity contribution is 7.71. The summed E-state index contributed by atoms with van der Waals surface area (Å²) in [6.45, 7) is 1.86. The van der Waals surface area contributed by atoms with Gasteiger partial charge in [0.1, 0.15) is 4.64 Å². The fourth-order valence-corrected chi connectivity index (χ4v) is 0.841. The quantitative estimate of drug-likeness (QED) is 0.574. The third-order valence-electron chi connectivity index (χ3n) is 1.25. The lowest BCUT2D eigenvalue weighted by Crippen LogP contribution is -1.83. The van der Waals surface area contributed by atoms with Gasteiger partial charge in [0, 0.05) is 6.20 Å². The Kier molecular flexibility index (Phi) is 1.83. The highest BCUT2D eigenvalue weighted by atomic mass is 32.1. The Morgan fingerprint density at radius 3 is 2.90 bits per heavy atom. The van der Waals surface area contributed by atoms with Crippen molar-refractivity contribution in [2.24, 2.45) is 0 Å². The molecule has 0 unspecified atom stereocenters. The molecule has 0 radical (unpaired) electrons. The molecule has 3 heteroatoms. The molecule has 0 bridgehead atoms. The van der Waals surface area contributed by atoms with Gasteiger partial charge in [-0.25, -0.2) is 0 Å². The molecule has 0 amide bonds. The van der Waals surface area contributed by atoms with E-state index in [9.17, 15) is 0 Å². The molecule has 0 saturated heterocycles. The van der Waals surface area contributed by atoms with Crippen LogP contribution >= 0.6 is 12.2 Å². The van der Waals surface area contributed by atoms with E-state index in [-0.39, 0.29) is 0 Å². The molecular formula is C7H6N2S. The van der Waals surface area contributed by atoms with Gasteiger partial charge in [0.2, 0.25) is 0 Å². The first-order valence-corrected chi connectivity index (χ1v) is 3.24. The second kappa shape index (κ2) is 2.63. The van der Waals surface area contributed by atoms with Crippen molar-refractivity contribution in [2.75, 3.05) is 0 Å². The lowest BCUT2D eigenvalue weighted by atomic mass is 10.2. The maximum atomic E-state index is 8.53. The Morgan fingerprint density at radius 1 is 1.70 bits per heavy atom. The highest BCUT2D eigenvalue weighted by Gasteiger charge is 1.92. The number of H-pyrrole nitrogens is 1. The van der Waals surface area contributed by atoms with Gasteiger partial charge in [-0.1, -0.05) is 12.2 Å². The number of aromatic nitrogens is 1. The fourth-order valence-electron chi connectivity index (χ4n) is 0.664. The van der Waals surface area contributed by atoms with Crippen LogP contribution in [-0.2, 0) is 0 Å². The molecule has 0 saturated carbocycles. The second-order valence-corrected chi connectivity index (χ2v) is 2.45. The predicted molar refractivity (Wildman–Crippen MR) is 41.1 cm³/mol. The second-order valence-electron chi connectivity index (χ2n) is 2.01. The van der Waals surface area contributed by atoms with Gasteiger partial charge in [0.05, 0.1) is 11.6 Å². The molecule has 0 aromatic carbocycles. The van der Waals surface area contributed by atoms with E-state index in [0.717, 1.165) is 5.56 Å². The van der Waals surface area contributed by atoms with Crippen LogP contribution in [0.1, 0.15) is 11.1 Å². The van der Waals surface area contributed by atoms with Crippen LogP contribution in [0.5, 0.6) is 0 Å². The summed E-state index contributed by atoms with van der Waals surface area (Å²) in [5.41, 5.74) is 1.57. The molecule has 2 nitrogen and oxygen atoms in total. The van der Waals surface area contributed by atoms with Crippen LogP contribution < -0.4 is 0 Å². The van der Waals surface area contributed by atoms with Gasteiger partial charge in [0.25, 0.3) is 0 Å². The molecule has 50 valence electrons. The van der Waals surface area contributed by atoms with Crippen LogP contribution in [0.25, 0.3) is 0 Å². The van der Waals surface area contributed by atoms with Gasteiger partial charge in [0.15, 0.2) is 0 Å². The first-order chi connectivity index (χ1) is 4.74. The lowest BCUT2D eigenvalue weighted by molar-refractivity contribution is 1.23. The molecule has 10 heavy (non-hydrogen) atoms. The minimum absolute atomic E-state index is 0.599. The molecule has 0 atom stereocenters. The van der Waals surface area contributed by atoms with Crippen molar-refractivity contribution in [3.63, 3.8) is 0 Å². The molecule has 0 spiro atoms. The Hall–Kier alpha value is -1.14. The Balaban J connectivity index is 3.40. The SMILES string of the molecule is Cc1c[nH]c(=S)cc1C#N. The summed E-state index contributed by atoms with van der Waals surface area (Å²) < 4.78 is 0.599. The number of nitrogens with zero attached hydrogens (tertiary/aromatic N) is 1. The zero-order valence-electron chi connectivity index (χ0n) is 5.51. The van der Waals surface area contributed by atoms with Crippen molar-refractivity contribution in [2.45, 2.75) is 6.92 Å². The minimum Gasteiger partial charge on any atom is -0.353 e. The summed E-state index contributed by atoms with van der Waals surface area (Å²) >= 11 is 4.82. The van der Waals surface area contributed by atoms with E-state index in [4.69, 9.17) is 17.5 Å². The third-order valence-corrected chi connectivity index (χ3v) is 1.49. The molecule has 1 N–H and O–H groups in total. The Bertz CT molecular complexity index is 332. The summed E-state index contributed by atoms with van der Waals surface area (Å²) in [4.78, 5) is 2.84. The zero-order chi connectivity index (χ0) is 7.56. The molecule has 1 rings (SSSR count). The molecule has 0 aliphatic rings. The average Bonchev–Trinajstić information content (AvgIpc) is 1.94. The average molecular weight is 150 g/mol. The summed E-state index contributed by atoms with van der Waals surface area (Å²) in [6, 6.07) is 3.71. The third kappa shape index (κ3) is 1.23. The van der Waals surface area contributed by atoms with E-state index < -0.39 is 0 Å². The minimum atomic E-state index is 0.599. The van der Waals surface area contributed by atoms with Crippen LogP contribution in [0.2, 0.25) is 0 Å². The monoisotopic (exact) mass is 150 g/mol. The first kappa shape index (κ1) is 6.97. The van der Waals surface area contributed by atoms with Gasteiger partial charge in [-0.05, 0) is 18.6 Å². The number of hydrogen-bond donors (Lipinski definition) is 1. The fraction of sp³-hybridized carbons (Fsp3) is 0.143. The van der Waals surface area contributed by atoms with Crippen molar-refractivity contribution in [1.29, 1.82) is 5.26 Å². The smallest absolute Gasteiger partial charge is 0.104 e. The maximum absolute atomic E-state index is 8.53. The predicted octanol–water partition coefficient (Wildman–Crippen LogP) is 1.92. The van der Waals surface area contributed by atoms with Crippen molar-refractivity contribution in [1.82, 2.24) is 4.98 Å². The standard InChI is InChI=1S/C7H6N2S/c1-5-4-9-7(10)2-6(5)3-8/h2,4H,1H3,(H,9,10). The summed E-state index contributed by atoms with van der Waals surface area (Å²) in [5, 5.41) is 8.53. The van der Waals surface area contributed by atoms with Crippen LogP contribution in [0.4, 0.5) is 0 Å². The number of nitriles is 1. The summed E-state index contributed by atoms with van der Waals surface area (Å²) in [7, 11) is 0. The first-order valence-electron chi connectivity index (χ1n) is 2.83. The van der Waals surface area contributed by atoms with Crippen LogP contribution in [0, 0.1) is 22.9 Å². The zero-order valence-corrected chi connectivity index (χ0v) is 6.33. The molecule has 0 aliphatic heterocycles. The number of hydrogen-bond acceptors (Lipinski definition) is 2. The molecular weight excluding hydrogens is 144 g/mol. The van der Waals surface area contributed by atoms with Crippen molar-refractivity contribution < 1.29 is 0 Å². The normalized spacial score (nSPS) is 8.80. The van der Waals surface area contributed by atoms with Crippen LogP contribution in [-0.4, -0.2) is 4.98 Å². The van der Waals surface area contributed by atoms with E-state index in [1.807, 2.05) is 13.0 Å². The molecule has 1 aromatic heterocycles. The van der Waals surface area contributed by atoms with E-state index in [1.54, 1.807) is 12.3 Å². The van der Waals surface area contributed by atoms with Crippen molar-refractivity contribution in [3.05, 3.63) is 28.0 Å². The molecule has 1 aromatic rings. The topological polar surface area (TPSA) is 39.6 Å². The molecule has 0 aliphatic carbocycles. The van der Waals surface area contributed by atoms with Crippen molar-refractivity contribution >= 4 is 12.2 Å². The van der Waals surface area contributed by atoms with Gasteiger partial charge < -0.3 is 4.98 Å². The van der Waals surface area contributed by atoms with Crippen LogP contribution in [0.3, 0.4) is 0 Å². The molecule has 0 fully saturated rings. The van der Waals surface area contributed by atoms with E-state index in [1.165, 1.54) is 0 Å². The Labute approximate surface area is 64.1 Å². The summed E-state index contributed by atoms with van der Waals surface area (Å²) in [5.74, 6) is 0. The summed E-state index contributed by atoms with van der Waals surface area (Å²) in [6.07, 6.45) is 1.74.